The van der Waals surface area contributed by atoms with Gasteiger partial charge in [0.2, 0.25) is 0 Å². The first-order chi connectivity index (χ1) is 9.70. The minimum Gasteiger partial charge on any atom is -0.281 e. The van der Waals surface area contributed by atoms with Crippen LogP contribution in [0.1, 0.15) is 31.9 Å². The van der Waals surface area contributed by atoms with E-state index in [4.69, 9.17) is 4.52 Å². The Balaban J connectivity index is 2.40. The van der Waals surface area contributed by atoms with Gasteiger partial charge in [-0.2, -0.15) is 9.79 Å². The largest absolute Gasteiger partial charge is 0.487 e. The highest BCUT2D eigenvalue weighted by Gasteiger charge is 2.42. The average molecular weight is 305 g/mol. The Morgan fingerprint density at radius 2 is 1.57 bits per heavy atom. The van der Waals surface area contributed by atoms with Crippen LogP contribution >= 0.6 is 7.94 Å². The molecule has 0 heterocycles. The predicted molar refractivity (Wildman–Crippen MR) is 87.9 cm³/mol. The Kier molecular flexibility index (Phi) is 4.38. The SMILES string of the molecule is Cc1ccc(O[P+](O)(O)c2ccccc2)c(C(C)(C)C)c1. The van der Waals surface area contributed by atoms with Gasteiger partial charge >= 0.3 is 7.94 Å². The van der Waals surface area contributed by atoms with Crippen LogP contribution in [0.25, 0.3) is 0 Å². The molecule has 0 aliphatic rings. The summed E-state index contributed by atoms with van der Waals surface area (Å²) in [7, 11) is -3.63. The summed E-state index contributed by atoms with van der Waals surface area (Å²) >= 11 is 0. The lowest BCUT2D eigenvalue weighted by Crippen LogP contribution is -2.18. The Labute approximate surface area is 126 Å². The van der Waals surface area contributed by atoms with Crippen molar-refractivity contribution < 1.29 is 14.3 Å². The molecule has 0 fully saturated rings. The predicted octanol–water partition coefficient (Wildman–Crippen LogP) is 3.74. The standard InChI is InChI=1S/C17H22O3P/c1-13-10-11-16(15(12-13)17(2,3)4)20-21(18,19)14-8-6-5-7-9-14/h5-12,18-19H,1-4H3/q+1. The molecular formula is C17H22O3P+. The van der Waals surface area contributed by atoms with Crippen molar-refractivity contribution in [3.63, 3.8) is 0 Å². The number of hydrogen-bond acceptors (Lipinski definition) is 3. The second-order valence-corrected chi connectivity index (χ2v) is 8.01. The van der Waals surface area contributed by atoms with E-state index in [9.17, 15) is 9.79 Å². The Morgan fingerprint density at radius 1 is 0.952 bits per heavy atom. The molecule has 2 aromatic carbocycles. The fraction of sp³-hybridized carbons (Fsp3) is 0.294. The molecule has 0 aromatic heterocycles. The normalized spacial score (nSPS) is 12.3. The molecule has 0 spiro atoms. The van der Waals surface area contributed by atoms with E-state index in [1.54, 1.807) is 30.3 Å². The van der Waals surface area contributed by atoms with Crippen LogP contribution in [0.3, 0.4) is 0 Å². The van der Waals surface area contributed by atoms with E-state index in [1.807, 2.05) is 25.1 Å². The van der Waals surface area contributed by atoms with E-state index < -0.39 is 7.94 Å². The van der Waals surface area contributed by atoms with Crippen LogP contribution in [0.15, 0.2) is 48.5 Å². The summed E-state index contributed by atoms with van der Waals surface area (Å²) < 4.78 is 5.62. The topological polar surface area (TPSA) is 49.7 Å². The highest BCUT2D eigenvalue weighted by atomic mass is 31.2. The summed E-state index contributed by atoms with van der Waals surface area (Å²) in [5, 5.41) is 0.408. The Bertz CT molecular complexity index is 616. The monoisotopic (exact) mass is 305 g/mol. The van der Waals surface area contributed by atoms with Crippen molar-refractivity contribution in [2.75, 3.05) is 0 Å². The van der Waals surface area contributed by atoms with Crippen LogP contribution < -0.4 is 9.83 Å². The highest BCUT2D eigenvalue weighted by Crippen LogP contribution is 2.51. The molecule has 112 valence electrons. The molecule has 0 atom stereocenters. The van der Waals surface area contributed by atoms with Gasteiger partial charge in [-0.05, 0) is 30.5 Å². The summed E-state index contributed by atoms with van der Waals surface area (Å²) in [6.07, 6.45) is 0. The lowest BCUT2D eigenvalue weighted by Gasteiger charge is -2.23. The average Bonchev–Trinajstić information content (AvgIpc) is 2.40. The molecule has 3 nitrogen and oxygen atoms in total. The molecule has 0 aliphatic carbocycles. The number of benzene rings is 2. The fourth-order valence-electron chi connectivity index (χ4n) is 2.12. The maximum absolute atomic E-state index is 10.3. The molecule has 2 N–H and O–H groups in total. The maximum Gasteiger partial charge on any atom is 0.487 e. The molecule has 21 heavy (non-hydrogen) atoms. The van der Waals surface area contributed by atoms with Crippen LogP contribution in [0.5, 0.6) is 5.75 Å². The number of aryl methyl sites for hydroxylation is 1. The van der Waals surface area contributed by atoms with Gasteiger partial charge in [0, 0.05) is 5.56 Å². The summed E-state index contributed by atoms with van der Waals surface area (Å²) in [5.41, 5.74) is 1.94. The van der Waals surface area contributed by atoms with E-state index in [2.05, 4.69) is 20.8 Å². The van der Waals surface area contributed by atoms with Crippen molar-refractivity contribution in [2.45, 2.75) is 33.1 Å². The van der Waals surface area contributed by atoms with Gasteiger partial charge in [-0.3, -0.25) is 4.52 Å². The van der Waals surface area contributed by atoms with E-state index >= 15 is 0 Å². The van der Waals surface area contributed by atoms with Gasteiger partial charge in [-0.15, -0.1) is 0 Å². The van der Waals surface area contributed by atoms with Crippen molar-refractivity contribution in [1.29, 1.82) is 0 Å². The third-order valence-corrected chi connectivity index (χ3v) is 4.68. The van der Waals surface area contributed by atoms with Crippen LogP contribution in [-0.2, 0) is 5.41 Å². The van der Waals surface area contributed by atoms with Gasteiger partial charge in [-0.25, -0.2) is 0 Å². The minimum atomic E-state index is -3.63. The molecule has 0 amide bonds. The van der Waals surface area contributed by atoms with Crippen molar-refractivity contribution >= 4 is 13.2 Å². The first-order valence-electron chi connectivity index (χ1n) is 6.91. The van der Waals surface area contributed by atoms with E-state index in [0.29, 0.717) is 11.1 Å². The second-order valence-electron chi connectivity index (χ2n) is 6.22. The van der Waals surface area contributed by atoms with Gasteiger partial charge in [0.25, 0.3) is 0 Å². The Morgan fingerprint density at radius 3 is 2.14 bits per heavy atom. The van der Waals surface area contributed by atoms with Crippen LogP contribution in [0.4, 0.5) is 0 Å². The van der Waals surface area contributed by atoms with Gasteiger partial charge in [-0.1, -0.05) is 56.7 Å². The Hall–Kier alpha value is -1.41. The summed E-state index contributed by atoms with van der Waals surface area (Å²) in [5.74, 6) is 0.523. The van der Waals surface area contributed by atoms with Crippen molar-refractivity contribution in [3.8, 4) is 5.75 Å². The summed E-state index contributed by atoms with van der Waals surface area (Å²) in [4.78, 5) is 20.7. The lowest BCUT2D eigenvalue weighted by molar-refractivity contribution is 0.350. The summed E-state index contributed by atoms with van der Waals surface area (Å²) in [6.45, 7) is 8.24. The van der Waals surface area contributed by atoms with Gasteiger partial charge in [0.15, 0.2) is 11.1 Å². The molecule has 0 saturated heterocycles. The van der Waals surface area contributed by atoms with Crippen LogP contribution in [0, 0.1) is 6.92 Å². The molecule has 4 heteroatoms. The third kappa shape index (κ3) is 3.82. The van der Waals surface area contributed by atoms with Crippen LogP contribution in [-0.4, -0.2) is 9.79 Å². The zero-order valence-corrected chi connectivity index (χ0v) is 13.8. The van der Waals surface area contributed by atoms with Gasteiger partial charge < -0.3 is 0 Å². The highest BCUT2D eigenvalue weighted by molar-refractivity contribution is 7.68. The molecule has 0 unspecified atom stereocenters. The van der Waals surface area contributed by atoms with E-state index in [-0.39, 0.29) is 5.41 Å². The maximum atomic E-state index is 10.3. The van der Waals surface area contributed by atoms with Crippen molar-refractivity contribution in [2.24, 2.45) is 0 Å². The lowest BCUT2D eigenvalue weighted by atomic mass is 9.85. The van der Waals surface area contributed by atoms with Crippen molar-refractivity contribution in [1.82, 2.24) is 0 Å². The first-order valence-corrected chi connectivity index (χ1v) is 8.52. The molecule has 2 rings (SSSR count). The number of rotatable bonds is 3. The van der Waals surface area contributed by atoms with Gasteiger partial charge in [0.1, 0.15) is 0 Å². The first kappa shape index (κ1) is 16.0. The van der Waals surface area contributed by atoms with E-state index in [1.165, 1.54) is 0 Å². The molecule has 2 aromatic rings. The van der Waals surface area contributed by atoms with E-state index in [0.717, 1.165) is 11.1 Å². The molecular weight excluding hydrogens is 283 g/mol. The summed E-state index contributed by atoms with van der Waals surface area (Å²) in [6, 6.07) is 14.4. The third-order valence-electron chi connectivity index (χ3n) is 3.26. The number of hydrogen-bond donors (Lipinski definition) is 2. The van der Waals surface area contributed by atoms with Crippen LogP contribution in [0.2, 0.25) is 0 Å². The molecule has 0 radical (unpaired) electrons. The van der Waals surface area contributed by atoms with Gasteiger partial charge in [0.05, 0.1) is 0 Å². The van der Waals surface area contributed by atoms with Crippen molar-refractivity contribution in [3.05, 3.63) is 59.7 Å². The molecule has 0 saturated carbocycles. The minimum absolute atomic E-state index is 0.141. The second kappa shape index (κ2) is 5.76. The zero-order chi connectivity index (χ0) is 15.7. The molecule has 0 aliphatic heterocycles. The zero-order valence-electron chi connectivity index (χ0n) is 12.9. The molecule has 0 bridgehead atoms. The quantitative estimate of drug-likeness (QED) is 0.849. The fourth-order valence-corrected chi connectivity index (χ4v) is 3.22. The smallest absolute Gasteiger partial charge is 0.281 e.